The van der Waals surface area contributed by atoms with Crippen LogP contribution in [0.3, 0.4) is 0 Å². The van der Waals surface area contributed by atoms with Crippen LogP contribution in [-0.2, 0) is 0 Å². The fourth-order valence-electron chi connectivity index (χ4n) is 2.39. The largest absolute Gasteiger partial charge is 0.489 e. The molecule has 0 atom stereocenters. The Kier molecular flexibility index (Phi) is 6.09. The van der Waals surface area contributed by atoms with E-state index in [1.54, 1.807) is 0 Å². The maximum atomic E-state index is 6.12. The van der Waals surface area contributed by atoms with E-state index in [1.165, 1.54) is 5.57 Å². The van der Waals surface area contributed by atoms with E-state index >= 15 is 0 Å². The molecule has 0 aromatic heterocycles. The fourth-order valence-corrected chi connectivity index (χ4v) is 2.56. The van der Waals surface area contributed by atoms with Gasteiger partial charge in [0.15, 0.2) is 0 Å². The highest BCUT2D eigenvalue weighted by atomic mass is 35.5. The van der Waals surface area contributed by atoms with Crippen molar-refractivity contribution in [2.75, 3.05) is 26.7 Å². The van der Waals surface area contributed by atoms with Gasteiger partial charge in [0.2, 0.25) is 0 Å². The summed E-state index contributed by atoms with van der Waals surface area (Å²) in [5.74, 6) is 0.920. The average molecular weight is 332 g/mol. The predicted molar refractivity (Wildman–Crippen MR) is 100 cm³/mol. The summed E-state index contributed by atoms with van der Waals surface area (Å²) in [5, 5.41) is 0.745. The van der Waals surface area contributed by atoms with Crippen molar-refractivity contribution in [2.45, 2.75) is 20.8 Å². The van der Waals surface area contributed by atoms with E-state index in [4.69, 9.17) is 16.3 Å². The summed E-state index contributed by atoms with van der Waals surface area (Å²) in [4.78, 5) is 2.28. The van der Waals surface area contributed by atoms with Gasteiger partial charge in [0.25, 0.3) is 0 Å². The number of fused-ring (bicyclic) bond motifs is 1. The quantitative estimate of drug-likeness (QED) is 0.687. The standard InChI is InChI=1S/C20H26ClNO/c1-20(2,3)11-6-5-7-12-22(4)15-16-10-13-23-19-9-8-17(21)14-18(16)19/h5-11,14H,12-13,15H2,1-4H3. The number of likely N-dealkylation sites (N-methyl/N-ethyl adjacent to an activating group) is 1. The van der Waals surface area contributed by atoms with Crippen molar-refractivity contribution in [1.29, 1.82) is 0 Å². The molecule has 1 aliphatic heterocycles. The second-order valence-corrected chi connectivity index (χ2v) is 7.47. The molecule has 2 rings (SSSR count). The smallest absolute Gasteiger partial charge is 0.127 e. The predicted octanol–water partition coefficient (Wildman–Crippen LogP) is 5.21. The highest BCUT2D eigenvalue weighted by molar-refractivity contribution is 6.30. The molecule has 0 spiro atoms. The number of allylic oxidation sites excluding steroid dienone is 3. The van der Waals surface area contributed by atoms with Gasteiger partial charge in [0.05, 0.1) is 0 Å². The van der Waals surface area contributed by atoms with Gasteiger partial charge in [-0.15, -0.1) is 0 Å². The van der Waals surface area contributed by atoms with Gasteiger partial charge in [0, 0.05) is 23.7 Å². The third-order valence-electron chi connectivity index (χ3n) is 3.56. The van der Waals surface area contributed by atoms with Gasteiger partial charge >= 0.3 is 0 Å². The molecule has 2 nitrogen and oxygen atoms in total. The molecule has 1 aromatic rings. The van der Waals surface area contributed by atoms with E-state index in [1.807, 2.05) is 18.2 Å². The molecule has 3 heteroatoms. The van der Waals surface area contributed by atoms with Crippen molar-refractivity contribution in [3.63, 3.8) is 0 Å². The molecule has 23 heavy (non-hydrogen) atoms. The van der Waals surface area contributed by atoms with Crippen LogP contribution in [0.25, 0.3) is 5.57 Å². The van der Waals surface area contributed by atoms with Gasteiger partial charge in [-0.1, -0.05) is 56.7 Å². The molecule has 0 saturated heterocycles. The van der Waals surface area contributed by atoms with Gasteiger partial charge in [-0.3, -0.25) is 4.90 Å². The maximum Gasteiger partial charge on any atom is 0.127 e. The van der Waals surface area contributed by atoms with E-state index in [-0.39, 0.29) is 5.41 Å². The van der Waals surface area contributed by atoms with Gasteiger partial charge < -0.3 is 4.74 Å². The first-order valence-corrected chi connectivity index (χ1v) is 8.37. The van der Waals surface area contributed by atoms with Crippen LogP contribution < -0.4 is 4.74 Å². The van der Waals surface area contributed by atoms with Crippen LogP contribution >= 0.6 is 11.6 Å². The van der Waals surface area contributed by atoms with Crippen LogP contribution in [0.1, 0.15) is 26.3 Å². The molecule has 1 heterocycles. The zero-order valence-electron chi connectivity index (χ0n) is 14.5. The number of benzene rings is 1. The Labute approximate surface area is 145 Å². The molecule has 0 aliphatic carbocycles. The van der Waals surface area contributed by atoms with Crippen molar-refractivity contribution in [3.8, 4) is 5.75 Å². The lowest BCUT2D eigenvalue weighted by molar-refractivity contribution is 0.352. The molecule has 1 aromatic carbocycles. The van der Waals surface area contributed by atoms with Gasteiger partial charge in [-0.05, 0) is 42.3 Å². The van der Waals surface area contributed by atoms with Crippen molar-refractivity contribution in [3.05, 3.63) is 59.2 Å². The van der Waals surface area contributed by atoms with Crippen LogP contribution in [0, 0.1) is 5.41 Å². The Morgan fingerprint density at radius 1 is 1.26 bits per heavy atom. The Balaban J connectivity index is 1.93. The van der Waals surface area contributed by atoms with Crippen LogP contribution in [0.2, 0.25) is 5.02 Å². The first-order valence-electron chi connectivity index (χ1n) is 8.00. The van der Waals surface area contributed by atoms with E-state index < -0.39 is 0 Å². The van der Waals surface area contributed by atoms with Crippen LogP contribution in [0.5, 0.6) is 5.75 Å². The summed E-state index contributed by atoms with van der Waals surface area (Å²) in [6.07, 6.45) is 10.8. The molecule has 0 unspecified atom stereocenters. The monoisotopic (exact) mass is 331 g/mol. The molecule has 1 aliphatic rings. The molecular formula is C20H26ClNO. The van der Waals surface area contributed by atoms with Gasteiger partial charge in [-0.2, -0.15) is 0 Å². The first-order chi connectivity index (χ1) is 10.8. The second-order valence-electron chi connectivity index (χ2n) is 7.03. The Morgan fingerprint density at radius 2 is 2.04 bits per heavy atom. The van der Waals surface area contributed by atoms with Gasteiger partial charge in [0.1, 0.15) is 12.4 Å². The third kappa shape index (κ3) is 5.89. The Morgan fingerprint density at radius 3 is 2.78 bits per heavy atom. The average Bonchev–Trinajstić information content (AvgIpc) is 2.46. The minimum Gasteiger partial charge on any atom is -0.489 e. The lowest BCUT2D eigenvalue weighted by atomic mass is 9.96. The summed E-state index contributed by atoms with van der Waals surface area (Å²) < 4.78 is 5.66. The van der Waals surface area contributed by atoms with Crippen molar-refractivity contribution >= 4 is 17.2 Å². The minimum absolute atomic E-state index is 0.228. The second kappa shape index (κ2) is 7.85. The highest BCUT2D eigenvalue weighted by Crippen LogP contribution is 2.32. The minimum atomic E-state index is 0.228. The zero-order valence-corrected chi connectivity index (χ0v) is 15.2. The van der Waals surface area contributed by atoms with Crippen LogP contribution in [0.15, 0.2) is 48.6 Å². The van der Waals surface area contributed by atoms with E-state index in [2.05, 4.69) is 63.1 Å². The van der Waals surface area contributed by atoms with Crippen LogP contribution in [-0.4, -0.2) is 31.6 Å². The molecule has 0 amide bonds. The summed E-state index contributed by atoms with van der Waals surface area (Å²) in [7, 11) is 2.12. The number of hydrogen-bond donors (Lipinski definition) is 0. The summed E-state index contributed by atoms with van der Waals surface area (Å²) in [5.41, 5.74) is 2.61. The summed E-state index contributed by atoms with van der Waals surface area (Å²) in [6, 6.07) is 5.80. The third-order valence-corrected chi connectivity index (χ3v) is 3.79. The molecule has 0 bridgehead atoms. The highest BCUT2D eigenvalue weighted by Gasteiger charge is 2.15. The number of ether oxygens (including phenoxy) is 1. The Hall–Kier alpha value is -1.51. The van der Waals surface area contributed by atoms with Crippen molar-refractivity contribution in [2.24, 2.45) is 5.41 Å². The molecule has 124 valence electrons. The zero-order chi connectivity index (χ0) is 16.9. The molecule has 0 radical (unpaired) electrons. The lowest BCUT2D eigenvalue weighted by Crippen LogP contribution is -2.22. The molecule has 0 fully saturated rings. The number of rotatable bonds is 5. The van der Waals surface area contributed by atoms with Crippen molar-refractivity contribution < 1.29 is 4.74 Å². The van der Waals surface area contributed by atoms with Gasteiger partial charge in [-0.25, -0.2) is 0 Å². The lowest BCUT2D eigenvalue weighted by Gasteiger charge is -2.23. The van der Waals surface area contributed by atoms with E-state index in [9.17, 15) is 0 Å². The SMILES string of the molecule is CN(CC=CC=CC(C)(C)C)CC1=CCOc2ccc(Cl)cc21. The van der Waals surface area contributed by atoms with E-state index in [0.717, 1.165) is 29.4 Å². The number of nitrogens with zero attached hydrogens (tertiary/aromatic N) is 1. The number of halogens is 1. The fraction of sp³-hybridized carbons (Fsp3) is 0.400. The van der Waals surface area contributed by atoms with Crippen molar-refractivity contribution in [1.82, 2.24) is 4.90 Å². The first kappa shape index (κ1) is 17.8. The number of hydrogen-bond acceptors (Lipinski definition) is 2. The normalized spacial score (nSPS) is 15.1. The summed E-state index contributed by atoms with van der Waals surface area (Å²) >= 11 is 6.12. The Bertz CT molecular complexity index is 623. The molecular weight excluding hydrogens is 306 g/mol. The summed E-state index contributed by atoms with van der Waals surface area (Å²) in [6.45, 7) is 9.01. The molecule has 0 N–H and O–H groups in total. The topological polar surface area (TPSA) is 12.5 Å². The maximum absolute atomic E-state index is 6.12. The van der Waals surface area contributed by atoms with Crippen LogP contribution in [0.4, 0.5) is 0 Å². The molecule has 0 saturated carbocycles. The van der Waals surface area contributed by atoms with E-state index in [0.29, 0.717) is 6.61 Å².